The molecule has 9 N–H and O–H groups in total. The Bertz CT molecular complexity index is 1220. The summed E-state index contributed by atoms with van der Waals surface area (Å²) in [5, 5.41) is 44.7. The van der Waals surface area contributed by atoms with Gasteiger partial charge in [-0.05, 0) is 54.2 Å². The van der Waals surface area contributed by atoms with Crippen LogP contribution in [0.2, 0.25) is 0 Å². The molecule has 0 aliphatic rings. The Morgan fingerprint density at radius 1 is 0.683 bits per heavy atom. The van der Waals surface area contributed by atoms with Gasteiger partial charge in [0.1, 0.15) is 29.6 Å². The van der Waals surface area contributed by atoms with Crippen molar-refractivity contribution in [2.75, 3.05) is 0 Å². The second-order valence-corrected chi connectivity index (χ2v) is 10.1. The lowest BCUT2D eigenvalue weighted by molar-refractivity contribution is -0.147. The number of benzene rings is 2. The third kappa shape index (κ3) is 11.2. The molecule has 2 aromatic carbocycles. The number of carbonyl (C=O) groups excluding carboxylic acids is 3. The van der Waals surface area contributed by atoms with Crippen LogP contribution < -0.4 is 21.7 Å². The van der Waals surface area contributed by atoms with Crippen molar-refractivity contribution >= 4 is 29.7 Å². The summed E-state index contributed by atoms with van der Waals surface area (Å²) in [6, 6.07) is 6.82. The van der Waals surface area contributed by atoms with Crippen LogP contribution in [0.3, 0.4) is 0 Å². The third-order valence-corrected chi connectivity index (χ3v) is 6.07. The lowest BCUT2D eigenvalue weighted by atomic mass is 10.00. The summed E-state index contributed by atoms with van der Waals surface area (Å²) in [4.78, 5) is 61.8. The van der Waals surface area contributed by atoms with E-state index in [0.29, 0.717) is 11.1 Å². The number of carboxylic acids is 2. The maximum Gasteiger partial charge on any atom is 0.326 e. The Morgan fingerprint density at radius 2 is 1.12 bits per heavy atom. The molecule has 13 heteroatoms. The average Bonchev–Trinajstić information content (AvgIpc) is 2.89. The highest BCUT2D eigenvalue weighted by Gasteiger charge is 2.31. The van der Waals surface area contributed by atoms with Gasteiger partial charge >= 0.3 is 11.9 Å². The van der Waals surface area contributed by atoms with Crippen molar-refractivity contribution in [2.45, 2.75) is 63.7 Å². The van der Waals surface area contributed by atoms with E-state index >= 15 is 0 Å². The quantitative estimate of drug-likeness (QED) is 0.145. The SMILES string of the molecule is CC(C)CC(NC(=O)C(Cc1ccc(O)cc1)NC(=O)C(N)Cc1ccc(O)cc1)C(=O)NC(CC(=O)O)C(=O)O. The smallest absolute Gasteiger partial charge is 0.326 e. The highest BCUT2D eigenvalue weighted by atomic mass is 16.4. The molecule has 0 aliphatic carbocycles. The molecule has 2 rings (SSSR count). The van der Waals surface area contributed by atoms with Crippen molar-refractivity contribution in [1.29, 1.82) is 0 Å². The lowest BCUT2D eigenvalue weighted by Crippen LogP contribution is -2.58. The first-order valence-corrected chi connectivity index (χ1v) is 12.9. The van der Waals surface area contributed by atoms with E-state index < -0.39 is 60.2 Å². The fourth-order valence-corrected chi connectivity index (χ4v) is 3.96. The molecule has 3 amide bonds. The zero-order valence-electron chi connectivity index (χ0n) is 22.7. The number of aromatic hydroxyl groups is 2. The number of hydrogen-bond donors (Lipinski definition) is 8. The van der Waals surface area contributed by atoms with Gasteiger partial charge in [0.2, 0.25) is 17.7 Å². The number of aliphatic carboxylic acids is 2. The first kappa shape index (κ1) is 32.6. The van der Waals surface area contributed by atoms with E-state index in [0.717, 1.165) is 0 Å². The van der Waals surface area contributed by atoms with Crippen molar-refractivity contribution in [3.63, 3.8) is 0 Å². The maximum atomic E-state index is 13.4. The summed E-state index contributed by atoms with van der Waals surface area (Å²) < 4.78 is 0. The second kappa shape index (κ2) is 15.2. The Labute approximate surface area is 236 Å². The van der Waals surface area contributed by atoms with E-state index in [2.05, 4.69) is 16.0 Å². The third-order valence-electron chi connectivity index (χ3n) is 6.07. The summed E-state index contributed by atoms with van der Waals surface area (Å²) in [7, 11) is 0. The number of carboxylic acid groups (broad SMARTS) is 2. The molecular formula is C28H36N4O9. The van der Waals surface area contributed by atoms with E-state index in [9.17, 15) is 39.3 Å². The molecule has 4 atom stereocenters. The standard InChI is InChI=1S/C28H36N4O9/c1-15(2)11-21(26(38)32-23(28(40)41)14-24(35)36)31-27(39)22(13-17-5-9-19(34)10-6-17)30-25(37)20(29)12-16-3-7-18(33)8-4-16/h3-10,15,20-23,33-34H,11-14,29H2,1-2H3,(H,30,37)(H,31,39)(H,32,38)(H,35,36)(H,40,41). The minimum atomic E-state index is -1.71. The Balaban J connectivity index is 2.24. The predicted octanol–water partition coefficient (Wildman–Crippen LogP) is 0.270. The van der Waals surface area contributed by atoms with Gasteiger partial charge in [-0.2, -0.15) is 0 Å². The number of phenols is 2. The van der Waals surface area contributed by atoms with Gasteiger partial charge in [-0.25, -0.2) is 4.79 Å². The average molecular weight is 573 g/mol. The predicted molar refractivity (Wildman–Crippen MR) is 147 cm³/mol. The monoisotopic (exact) mass is 572 g/mol. The fraction of sp³-hybridized carbons (Fsp3) is 0.393. The molecule has 0 fully saturated rings. The number of carbonyl (C=O) groups is 5. The van der Waals surface area contributed by atoms with Gasteiger partial charge in [-0.15, -0.1) is 0 Å². The van der Waals surface area contributed by atoms with Gasteiger partial charge in [0.25, 0.3) is 0 Å². The van der Waals surface area contributed by atoms with Crippen LogP contribution >= 0.6 is 0 Å². The summed E-state index contributed by atoms with van der Waals surface area (Å²) in [6.45, 7) is 3.55. The summed E-state index contributed by atoms with van der Waals surface area (Å²) in [5.41, 5.74) is 7.33. The summed E-state index contributed by atoms with van der Waals surface area (Å²) in [5.74, 6) is -5.36. The molecule has 0 spiro atoms. The molecule has 0 radical (unpaired) electrons. The molecule has 0 bridgehead atoms. The van der Waals surface area contributed by atoms with Crippen molar-refractivity contribution in [1.82, 2.24) is 16.0 Å². The van der Waals surface area contributed by atoms with Crippen LogP contribution in [0.4, 0.5) is 0 Å². The van der Waals surface area contributed by atoms with Gasteiger partial charge in [-0.1, -0.05) is 38.1 Å². The Hall–Kier alpha value is -4.65. The zero-order valence-corrected chi connectivity index (χ0v) is 22.7. The van der Waals surface area contributed by atoms with E-state index in [1.807, 2.05) is 0 Å². The van der Waals surface area contributed by atoms with Crippen LogP contribution in [0.1, 0.15) is 37.8 Å². The number of nitrogens with one attached hydrogen (secondary N) is 3. The van der Waals surface area contributed by atoms with Crippen molar-refractivity contribution in [2.24, 2.45) is 11.7 Å². The Kier molecular flexibility index (Phi) is 12.1. The van der Waals surface area contributed by atoms with Crippen molar-refractivity contribution < 1.29 is 44.4 Å². The van der Waals surface area contributed by atoms with Gasteiger partial charge in [0.05, 0.1) is 12.5 Å². The molecular weight excluding hydrogens is 536 g/mol. The number of nitrogens with two attached hydrogens (primary N) is 1. The van der Waals surface area contributed by atoms with Crippen LogP contribution in [-0.4, -0.2) is 74.3 Å². The normalized spacial score (nSPS) is 13.9. The molecule has 2 aromatic rings. The van der Waals surface area contributed by atoms with E-state index in [1.165, 1.54) is 24.3 Å². The molecule has 13 nitrogen and oxygen atoms in total. The topological polar surface area (TPSA) is 228 Å². The molecule has 0 saturated heterocycles. The van der Waals surface area contributed by atoms with Crippen LogP contribution in [0, 0.1) is 5.92 Å². The lowest BCUT2D eigenvalue weighted by Gasteiger charge is -2.26. The number of amides is 3. The fourth-order valence-electron chi connectivity index (χ4n) is 3.96. The van der Waals surface area contributed by atoms with Crippen LogP contribution in [0.15, 0.2) is 48.5 Å². The van der Waals surface area contributed by atoms with Gasteiger partial charge in [0, 0.05) is 6.42 Å². The molecule has 0 aliphatic heterocycles. The van der Waals surface area contributed by atoms with Crippen LogP contribution in [0.5, 0.6) is 11.5 Å². The van der Waals surface area contributed by atoms with E-state index in [-0.39, 0.29) is 36.7 Å². The summed E-state index contributed by atoms with van der Waals surface area (Å²) in [6.07, 6.45) is -0.687. The van der Waals surface area contributed by atoms with E-state index in [1.54, 1.807) is 38.1 Å². The summed E-state index contributed by atoms with van der Waals surface area (Å²) >= 11 is 0. The molecule has 41 heavy (non-hydrogen) atoms. The van der Waals surface area contributed by atoms with Crippen molar-refractivity contribution in [3.8, 4) is 11.5 Å². The zero-order chi connectivity index (χ0) is 30.7. The number of rotatable bonds is 15. The maximum absolute atomic E-state index is 13.4. The van der Waals surface area contributed by atoms with Gasteiger partial charge in [0.15, 0.2) is 0 Å². The molecule has 0 aromatic heterocycles. The highest BCUT2D eigenvalue weighted by Crippen LogP contribution is 2.14. The first-order valence-electron chi connectivity index (χ1n) is 12.9. The number of phenolic OH excluding ortho intramolecular Hbond substituents is 2. The molecule has 0 saturated carbocycles. The van der Waals surface area contributed by atoms with Gasteiger partial charge < -0.3 is 42.1 Å². The van der Waals surface area contributed by atoms with Gasteiger partial charge in [-0.3, -0.25) is 19.2 Å². The van der Waals surface area contributed by atoms with Crippen LogP contribution in [-0.2, 0) is 36.8 Å². The minimum absolute atomic E-state index is 0.00211. The largest absolute Gasteiger partial charge is 0.508 e. The second-order valence-electron chi connectivity index (χ2n) is 10.1. The molecule has 0 heterocycles. The molecule has 222 valence electrons. The minimum Gasteiger partial charge on any atom is -0.508 e. The Morgan fingerprint density at radius 3 is 1.59 bits per heavy atom. The molecule has 4 unspecified atom stereocenters. The number of hydrogen-bond acceptors (Lipinski definition) is 8. The highest BCUT2D eigenvalue weighted by molar-refractivity contribution is 5.94. The van der Waals surface area contributed by atoms with Crippen molar-refractivity contribution in [3.05, 3.63) is 59.7 Å². The first-order chi connectivity index (χ1) is 19.2. The van der Waals surface area contributed by atoms with Crippen LogP contribution in [0.25, 0.3) is 0 Å². The van der Waals surface area contributed by atoms with E-state index in [4.69, 9.17) is 10.8 Å².